The molecule has 140 valence electrons. The largest absolute Gasteiger partial charge is 0.332 e. The van der Waals surface area contributed by atoms with E-state index in [1.165, 1.54) is 16.8 Å². The Morgan fingerprint density at radius 1 is 1.22 bits per heavy atom. The summed E-state index contributed by atoms with van der Waals surface area (Å²) in [5, 5.41) is 12.6. The topological polar surface area (TPSA) is 72.0 Å². The van der Waals surface area contributed by atoms with Crippen molar-refractivity contribution in [2.75, 3.05) is 26.7 Å². The summed E-state index contributed by atoms with van der Waals surface area (Å²) in [5.74, 6) is 1.27. The number of hydrogen-bond donors (Lipinski definition) is 1. The zero-order chi connectivity index (χ0) is 18.4. The quantitative estimate of drug-likeness (QED) is 0.769. The molecule has 1 saturated heterocycles. The molecule has 7 nitrogen and oxygen atoms in total. The van der Waals surface area contributed by atoms with Crippen molar-refractivity contribution in [2.24, 2.45) is 0 Å². The second kappa shape index (κ2) is 6.58. The summed E-state index contributed by atoms with van der Waals surface area (Å²) >= 11 is 0. The second-order valence-corrected chi connectivity index (χ2v) is 7.48. The van der Waals surface area contributed by atoms with E-state index in [2.05, 4.69) is 58.3 Å². The Morgan fingerprint density at radius 3 is 2.96 bits per heavy atom. The number of para-hydroxylation sites is 1. The maximum Gasteiger partial charge on any atom is 0.278 e. The summed E-state index contributed by atoms with van der Waals surface area (Å²) in [7, 11) is 2.10. The lowest BCUT2D eigenvalue weighted by molar-refractivity contribution is 0.190. The van der Waals surface area contributed by atoms with Gasteiger partial charge in [0, 0.05) is 30.9 Å². The van der Waals surface area contributed by atoms with Crippen LogP contribution in [0.5, 0.6) is 0 Å². The first-order chi connectivity index (χ1) is 13.2. The molecule has 0 radical (unpaired) electrons. The predicted molar refractivity (Wildman–Crippen MR) is 102 cm³/mol. The third-order valence-electron chi connectivity index (χ3n) is 5.73. The maximum absolute atomic E-state index is 5.67. The van der Waals surface area contributed by atoms with Crippen molar-refractivity contribution < 1.29 is 4.52 Å². The molecule has 0 saturated carbocycles. The van der Waals surface area contributed by atoms with Gasteiger partial charge in [0.1, 0.15) is 0 Å². The van der Waals surface area contributed by atoms with Crippen LogP contribution in [0.15, 0.2) is 28.8 Å². The Bertz CT molecular complexity index is 975. The lowest BCUT2D eigenvalue weighted by Gasteiger charge is -2.30. The van der Waals surface area contributed by atoms with Crippen LogP contribution < -0.4 is 5.32 Å². The number of aromatic nitrogens is 4. The highest BCUT2D eigenvalue weighted by Gasteiger charge is 2.30. The van der Waals surface area contributed by atoms with Gasteiger partial charge in [0.15, 0.2) is 11.5 Å². The Morgan fingerprint density at radius 2 is 2.11 bits per heavy atom. The lowest BCUT2D eigenvalue weighted by Crippen LogP contribution is -2.44. The highest BCUT2D eigenvalue weighted by molar-refractivity contribution is 5.58. The van der Waals surface area contributed by atoms with Gasteiger partial charge in [0.05, 0.1) is 11.7 Å². The Kier molecular flexibility index (Phi) is 4.06. The van der Waals surface area contributed by atoms with E-state index >= 15 is 0 Å². The minimum Gasteiger partial charge on any atom is -0.332 e. The molecule has 1 aliphatic heterocycles. The van der Waals surface area contributed by atoms with Crippen LogP contribution in [-0.4, -0.2) is 51.5 Å². The number of nitrogens with zero attached hydrogens (tertiary/aromatic N) is 5. The standard InChI is InChI=1S/C20H24N6O/c1-13-6-3-4-8-15(13)26-16-9-5-7-14(16)18(23-26)20-22-19(24-27-20)17-12-21-10-11-25(17)2/h3-4,6,8,17,21H,5,7,9-12H2,1-2H3. The molecular weight excluding hydrogens is 340 g/mol. The molecule has 0 bridgehead atoms. The number of rotatable bonds is 3. The summed E-state index contributed by atoms with van der Waals surface area (Å²) in [4.78, 5) is 6.99. The summed E-state index contributed by atoms with van der Waals surface area (Å²) in [5.41, 5.74) is 5.70. The van der Waals surface area contributed by atoms with Crippen molar-refractivity contribution in [3.63, 3.8) is 0 Å². The zero-order valence-corrected chi connectivity index (χ0v) is 15.8. The molecule has 3 aromatic rings. The van der Waals surface area contributed by atoms with Gasteiger partial charge in [-0.2, -0.15) is 10.1 Å². The molecule has 5 rings (SSSR count). The third kappa shape index (κ3) is 2.78. The smallest absolute Gasteiger partial charge is 0.278 e. The molecule has 0 spiro atoms. The van der Waals surface area contributed by atoms with E-state index in [0.29, 0.717) is 5.89 Å². The van der Waals surface area contributed by atoms with E-state index in [9.17, 15) is 0 Å². The van der Waals surface area contributed by atoms with E-state index < -0.39 is 0 Å². The Labute approximate surface area is 158 Å². The predicted octanol–water partition coefficient (Wildman–Crippen LogP) is 2.30. The van der Waals surface area contributed by atoms with Crippen molar-refractivity contribution in [3.05, 3.63) is 46.9 Å². The molecule has 1 atom stereocenters. The Hall–Kier alpha value is -2.51. The first kappa shape index (κ1) is 16.6. The van der Waals surface area contributed by atoms with Gasteiger partial charge in [-0.3, -0.25) is 4.90 Å². The Balaban J connectivity index is 1.55. The molecule has 1 N–H and O–H groups in total. The van der Waals surface area contributed by atoms with Crippen molar-refractivity contribution in [2.45, 2.75) is 32.2 Å². The monoisotopic (exact) mass is 364 g/mol. The average molecular weight is 364 g/mol. The minimum atomic E-state index is 0.141. The van der Waals surface area contributed by atoms with Crippen LogP contribution >= 0.6 is 0 Å². The van der Waals surface area contributed by atoms with Crippen molar-refractivity contribution in [1.29, 1.82) is 0 Å². The van der Waals surface area contributed by atoms with Gasteiger partial charge in [0.25, 0.3) is 5.89 Å². The number of benzene rings is 1. The molecular formula is C20H24N6O. The normalized spacial score (nSPS) is 20.1. The number of piperazine rings is 1. The lowest BCUT2D eigenvalue weighted by atomic mass is 10.2. The van der Waals surface area contributed by atoms with Crippen LogP contribution in [0.1, 0.15) is 35.1 Å². The zero-order valence-electron chi connectivity index (χ0n) is 15.8. The summed E-state index contributed by atoms with van der Waals surface area (Å²) in [6.07, 6.45) is 3.19. The first-order valence-corrected chi connectivity index (χ1v) is 9.64. The van der Waals surface area contributed by atoms with E-state index in [1.807, 2.05) is 0 Å². The molecule has 1 aromatic carbocycles. The van der Waals surface area contributed by atoms with Gasteiger partial charge in [-0.05, 0) is 44.9 Å². The fourth-order valence-corrected chi connectivity index (χ4v) is 4.17. The van der Waals surface area contributed by atoms with Crippen molar-refractivity contribution in [1.82, 2.24) is 30.1 Å². The number of hydrogen-bond acceptors (Lipinski definition) is 6. The molecule has 0 amide bonds. The van der Waals surface area contributed by atoms with Gasteiger partial charge in [-0.15, -0.1) is 0 Å². The third-order valence-corrected chi connectivity index (χ3v) is 5.73. The van der Waals surface area contributed by atoms with Crippen LogP contribution in [-0.2, 0) is 12.8 Å². The SMILES string of the molecule is Cc1ccccc1-n1nc(-c2nc(C3CNCCN3C)no2)c2c1CCC2. The van der Waals surface area contributed by atoms with E-state index in [-0.39, 0.29) is 6.04 Å². The van der Waals surface area contributed by atoms with E-state index in [4.69, 9.17) is 14.6 Å². The van der Waals surface area contributed by atoms with Crippen molar-refractivity contribution >= 4 is 0 Å². The number of aryl methyl sites for hydroxylation is 1. The van der Waals surface area contributed by atoms with Gasteiger partial charge >= 0.3 is 0 Å². The van der Waals surface area contributed by atoms with Crippen molar-refractivity contribution in [3.8, 4) is 17.3 Å². The van der Waals surface area contributed by atoms with Crippen LogP contribution in [0.4, 0.5) is 0 Å². The van der Waals surface area contributed by atoms with Crippen LogP contribution in [0, 0.1) is 6.92 Å². The fourth-order valence-electron chi connectivity index (χ4n) is 4.17. The maximum atomic E-state index is 5.67. The number of fused-ring (bicyclic) bond motifs is 1. The average Bonchev–Trinajstić information content (AvgIpc) is 3.39. The second-order valence-electron chi connectivity index (χ2n) is 7.48. The van der Waals surface area contributed by atoms with E-state index in [0.717, 1.165) is 56.1 Å². The van der Waals surface area contributed by atoms with Gasteiger partial charge in [0.2, 0.25) is 0 Å². The van der Waals surface area contributed by atoms with Crippen LogP contribution in [0.3, 0.4) is 0 Å². The fraction of sp³-hybridized carbons (Fsp3) is 0.450. The summed E-state index contributed by atoms with van der Waals surface area (Å²) in [6, 6.07) is 8.49. The van der Waals surface area contributed by atoms with Crippen LogP contribution in [0.25, 0.3) is 17.3 Å². The molecule has 1 fully saturated rings. The molecule has 27 heavy (non-hydrogen) atoms. The minimum absolute atomic E-state index is 0.141. The molecule has 1 unspecified atom stereocenters. The van der Waals surface area contributed by atoms with Gasteiger partial charge in [-0.1, -0.05) is 23.4 Å². The van der Waals surface area contributed by atoms with Gasteiger partial charge in [-0.25, -0.2) is 4.68 Å². The molecule has 7 heteroatoms. The molecule has 2 aromatic heterocycles. The number of likely N-dealkylation sites (N-methyl/N-ethyl adjacent to an activating group) is 1. The molecule has 2 aliphatic rings. The summed E-state index contributed by atoms with van der Waals surface area (Å²) < 4.78 is 7.74. The van der Waals surface area contributed by atoms with Gasteiger partial charge < -0.3 is 9.84 Å². The molecule has 3 heterocycles. The highest BCUT2D eigenvalue weighted by Crippen LogP contribution is 2.34. The summed E-state index contributed by atoms with van der Waals surface area (Å²) in [6.45, 7) is 4.93. The highest BCUT2D eigenvalue weighted by atomic mass is 16.5. The number of nitrogens with one attached hydrogen (secondary N) is 1. The van der Waals surface area contributed by atoms with E-state index in [1.54, 1.807) is 0 Å². The molecule has 1 aliphatic carbocycles. The first-order valence-electron chi connectivity index (χ1n) is 9.64. The van der Waals surface area contributed by atoms with Crippen LogP contribution in [0.2, 0.25) is 0 Å².